The molecule has 3 aromatic heterocycles. The van der Waals surface area contributed by atoms with Crippen LogP contribution >= 0.6 is 11.3 Å². The zero-order chi connectivity index (χ0) is 21.4. The molecule has 1 amide bonds. The van der Waals surface area contributed by atoms with Crippen molar-refractivity contribution in [3.05, 3.63) is 44.9 Å². The summed E-state index contributed by atoms with van der Waals surface area (Å²) >= 11 is 1.87. The highest BCUT2D eigenvalue weighted by atomic mass is 32.1. The first-order valence-electron chi connectivity index (χ1n) is 10.6. The van der Waals surface area contributed by atoms with Crippen LogP contribution in [0, 0.1) is 19.8 Å². The number of thiophene rings is 1. The number of nitrogens with zero attached hydrogens (tertiary/aromatic N) is 4. The minimum Gasteiger partial charge on any atom is -0.341 e. The summed E-state index contributed by atoms with van der Waals surface area (Å²) in [7, 11) is 1.90. The van der Waals surface area contributed by atoms with Crippen LogP contribution in [0.1, 0.15) is 57.7 Å². The smallest absolute Gasteiger partial charge is 0.259 e. The van der Waals surface area contributed by atoms with Gasteiger partial charge in [0, 0.05) is 42.1 Å². The lowest BCUT2D eigenvalue weighted by Gasteiger charge is -2.22. The maximum absolute atomic E-state index is 13.4. The van der Waals surface area contributed by atoms with E-state index in [1.54, 1.807) is 0 Å². The highest BCUT2D eigenvalue weighted by Crippen LogP contribution is 2.27. The van der Waals surface area contributed by atoms with Crippen LogP contribution in [0.4, 0.5) is 0 Å². The average Bonchev–Trinajstić information content (AvgIpc) is 3.42. The molecule has 1 aliphatic rings. The number of likely N-dealkylation sites (tertiary alicyclic amines) is 1. The molecule has 6 nitrogen and oxygen atoms in total. The lowest BCUT2D eigenvalue weighted by Crippen LogP contribution is -2.33. The lowest BCUT2D eigenvalue weighted by molar-refractivity contribution is 0.0775. The summed E-state index contributed by atoms with van der Waals surface area (Å²) < 4.78 is 5.38. The molecule has 3 aromatic rings. The van der Waals surface area contributed by atoms with E-state index in [1.807, 2.05) is 36.3 Å². The molecule has 1 atom stereocenters. The molecule has 0 aromatic carbocycles. The molecule has 7 heteroatoms. The minimum absolute atomic E-state index is 0.0166. The molecule has 1 aliphatic heterocycles. The molecule has 160 valence electrons. The number of aryl methyl sites for hydroxylation is 2. The third kappa shape index (κ3) is 4.27. The van der Waals surface area contributed by atoms with Crippen molar-refractivity contribution in [2.75, 3.05) is 26.7 Å². The maximum atomic E-state index is 13.4. The topological polar surface area (TPSA) is 62.5 Å². The number of fused-ring (bicyclic) bond motifs is 1. The number of hydrogen-bond acceptors (Lipinski definition) is 6. The second-order valence-electron chi connectivity index (χ2n) is 8.79. The molecule has 0 spiro atoms. The van der Waals surface area contributed by atoms with E-state index in [9.17, 15) is 4.79 Å². The monoisotopic (exact) mass is 426 g/mol. The van der Waals surface area contributed by atoms with Gasteiger partial charge in [-0.3, -0.25) is 9.69 Å². The predicted octanol–water partition coefficient (Wildman–Crippen LogP) is 4.62. The zero-order valence-corrected chi connectivity index (χ0v) is 19.3. The molecular formula is C23H30N4O2S. The van der Waals surface area contributed by atoms with E-state index >= 15 is 0 Å². The van der Waals surface area contributed by atoms with Crippen molar-refractivity contribution in [2.24, 2.45) is 5.92 Å². The Kier molecular flexibility index (Phi) is 5.93. The van der Waals surface area contributed by atoms with E-state index in [0.717, 1.165) is 43.7 Å². The van der Waals surface area contributed by atoms with E-state index in [2.05, 4.69) is 47.9 Å². The van der Waals surface area contributed by atoms with Crippen molar-refractivity contribution in [1.82, 2.24) is 19.9 Å². The van der Waals surface area contributed by atoms with Gasteiger partial charge in [0.1, 0.15) is 0 Å². The number of pyridine rings is 1. The van der Waals surface area contributed by atoms with Gasteiger partial charge in [0.05, 0.1) is 16.6 Å². The Morgan fingerprint density at radius 1 is 1.37 bits per heavy atom. The number of hydrogen-bond donors (Lipinski definition) is 0. The standard InChI is InChI=1S/C23H30N4O2S/c1-14(2)20-10-19(21-16(4)25-29-22(21)24-20)23(28)26(5)11-17-8-9-27(12-17)13-18-7-6-15(3)30-18/h6-7,10,14,17H,8-9,11-13H2,1-5H3/t17-/m0/s1. The van der Waals surface area contributed by atoms with Crippen LogP contribution in [0.2, 0.25) is 0 Å². The molecule has 0 radical (unpaired) electrons. The Morgan fingerprint density at radius 3 is 2.87 bits per heavy atom. The molecule has 4 heterocycles. The fourth-order valence-corrected chi connectivity index (χ4v) is 5.18. The number of rotatable bonds is 6. The predicted molar refractivity (Wildman–Crippen MR) is 120 cm³/mol. The van der Waals surface area contributed by atoms with Crippen LogP contribution in [-0.4, -0.2) is 52.5 Å². The van der Waals surface area contributed by atoms with E-state index in [-0.39, 0.29) is 11.8 Å². The summed E-state index contributed by atoms with van der Waals surface area (Å²) in [4.78, 5) is 25.0. The third-order valence-electron chi connectivity index (χ3n) is 5.88. The zero-order valence-electron chi connectivity index (χ0n) is 18.4. The van der Waals surface area contributed by atoms with Gasteiger partial charge in [-0.05, 0) is 56.8 Å². The Labute approximate surface area is 181 Å². The van der Waals surface area contributed by atoms with Gasteiger partial charge in [-0.1, -0.05) is 19.0 Å². The second-order valence-corrected chi connectivity index (χ2v) is 10.2. The van der Waals surface area contributed by atoms with Crippen LogP contribution in [0.15, 0.2) is 22.7 Å². The van der Waals surface area contributed by atoms with Crippen LogP contribution in [-0.2, 0) is 6.54 Å². The molecule has 0 saturated carbocycles. The molecule has 4 rings (SSSR count). The van der Waals surface area contributed by atoms with Crippen molar-refractivity contribution in [1.29, 1.82) is 0 Å². The molecule has 1 fully saturated rings. The Hall–Kier alpha value is -2.25. The molecule has 30 heavy (non-hydrogen) atoms. The van der Waals surface area contributed by atoms with E-state index < -0.39 is 0 Å². The fraction of sp³-hybridized carbons (Fsp3) is 0.522. The van der Waals surface area contributed by atoms with Gasteiger partial charge < -0.3 is 9.42 Å². The first-order valence-corrected chi connectivity index (χ1v) is 11.4. The van der Waals surface area contributed by atoms with Crippen LogP contribution < -0.4 is 0 Å². The fourth-order valence-electron chi connectivity index (χ4n) is 4.25. The van der Waals surface area contributed by atoms with E-state index in [4.69, 9.17) is 4.52 Å². The summed E-state index contributed by atoms with van der Waals surface area (Å²) in [5.74, 6) is 0.717. The van der Waals surface area contributed by atoms with Gasteiger partial charge in [0.2, 0.25) is 0 Å². The maximum Gasteiger partial charge on any atom is 0.259 e. The largest absolute Gasteiger partial charge is 0.341 e. The lowest BCUT2D eigenvalue weighted by atomic mass is 10.0. The van der Waals surface area contributed by atoms with Gasteiger partial charge >= 0.3 is 0 Å². The van der Waals surface area contributed by atoms with Crippen LogP contribution in [0.3, 0.4) is 0 Å². The van der Waals surface area contributed by atoms with Gasteiger partial charge in [-0.25, -0.2) is 4.98 Å². The van der Waals surface area contributed by atoms with E-state index in [1.165, 1.54) is 9.75 Å². The summed E-state index contributed by atoms with van der Waals surface area (Å²) in [6.07, 6.45) is 1.12. The van der Waals surface area contributed by atoms with Gasteiger partial charge in [0.15, 0.2) is 0 Å². The number of amides is 1. The quantitative estimate of drug-likeness (QED) is 0.576. The number of carbonyl (C=O) groups is 1. The molecular weight excluding hydrogens is 396 g/mol. The highest BCUT2D eigenvalue weighted by Gasteiger charge is 2.27. The minimum atomic E-state index is 0.0166. The van der Waals surface area contributed by atoms with Crippen molar-refractivity contribution >= 4 is 28.3 Å². The van der Waals surface area contributed by atoms with Crippen molar-refractivity contribution in [3.8, 4) is 0 Å². The van der Waals surface area contributed by atoms with Crippen molar-refractivity contribution in [2.45, 2.75) is 46.6 Å². The van der Waals surface area contributed by atoms with Crippen molar-refractivity contribution < 1.29 is 9.32 Å². The Bertz CT molecular complexity index is 1050. The SMILES string of the molecule is Cc1ccc(CN2CC[C@@H](CN(C)C(=O)c3cc(C(C)C)nc4onc(C)c34)C2)s1. The summed E-state index contributed by atoms with van der Waals surface area (Å²) in [5, 5.41) is 4.77. The normalized spacial score (nSPS) is 17.3. The molecule has 0 unspecified atom stereocenters. The molecule has 1 saturated heterocycles. The molecule has 0 N–H and O–H groups in total. The van der Waals surface area contributed by atoms with Gasteiger partial charge in [0.25, 0.3) is 11.6 Å². The summed E-state index contributed by atoms with van der Waals surface area (Å²) in [5.41, 5.74) is 2.67. The number of carbonyl (C=O) groups excluding carboxylic acids is 1. The van der Waals surface area contributed by atoms with Gasteiger partial charge in [-0.2, -0.15) is 0 Å². The Morgan fingerprint density at radius 2 is 2.17 bits per heavy atom. The summed E-state index contributed by atoms with van der Waals surface area (Å²) in [6.45, 7) is 12.0. The molecule has 0 bridgehead atoms. The third-order valence-corrected chi connectivity index (χ3v) is 6.87. The second kappa shape index (κ2) is 8.47. The van der Waals surface area contributed by atoms with Crippen molar-refractivity contribution in [3.63, 3.8) is 0 Å². The first-order chi connectivity index (χ1) is 14.3. The van der Waals surface area contributed by atoms with Crippen LogP contribution in [0.5, 0.6) is 0 Å². The molecule has 0 aliphatic carbocycles. The van der Waals surface area contributed by atoms with Gasteiger partial charge in [-0.15, -0.1) is 11.3 Å². The highest BCUT2D eigenvalue weighted by molar-refractivity contribution is 7.11. The summed E-state index contributed by atoms with van der Waals surface area (Å²) in [6, 6.07) is 6.33. The van der Waals surface area contributed by atoms with Crippen LogP contribution in [0.25, 0.3) is 11.1 Å². The number of aromatic nitrogens is 2. The first kappa shape index (κ1) is 21.0. The Balaban J connectivity index is 1.46. The average molecular weight is 427 g/mol. The van der Waals surface area contributed by atoms with E-state index in [0.29, 0.717) is 22.9 Å².